The monoisotopic (exact) mass is 497 g/mol. The third-order valence-corrected chi connectivity index (χ3v) is 6.72. The number of nitrogens with one attached hydrogen (secondary N) is 3. The maximum atomic E-state index is 12.6. The van der Waals surface area contributed by atoms with Crippen LogP contribution in [0.25, 0.3) is 5.65 Å². The molecule has 8 heteroatoms. The van der Waals surface area contributed by atoms with E-state index in [1.807, 2.05) is 65.3 Å². The fraction of sp³-hybridized carbons (Fsp3) is 0.345. The van der Waals surface area contributed by atoms with Gasteiger partial charge in [-0.05, 0) is 43.0 Å². The van der Waals surface area contributed by atoms with Gasteiger partial charge in [-0.25, -0.2) is 4.98 Å². The van der Waals surface area contributed by atoms with Crippen molar-refractivity contribution in [3.8, 4) is 0 Å². The SMILES string of the molecule is CC(C)c1cnn2c(NCc3ccccc3)cc(N[C@@H]3CCCN(CC(=O)Nc4ccccc4)C3)nc12. The number of fused-ring (bicyclic) bond motifs is 1. The lowest BCUT2D eigenvalue weighted by Gasteiger charge is -2.33. The van der Waals surface area contributed by atoms with E-state index in [-0.39, 0.29) is 11.9 Å². The minimum absolute atomic E-state index is 0.0135. The third kappa shape index (κ3) is 6.27. The predicted molar refractivity (Wildman–Crippen MR) is 149 cm³/mol. The lowest BCUT2D eigenvalue weighted by atomic mass is 10.1. The first-order valence-electron chi connectivity index (χ1n) is 13.1. The molecule has 3 N–H and O–H groups in total. The second-order valence-corrected chi connectivity index (χ2v) is 9.99. The molecule has 1 atom stereocenters. The van der Waals surface area contributed by atoms with E-state index in [1.54, 1.807) is 0 Å². The smallest absolute Gasteiger partial charge is 0.238 e. The number of hydrogen-bond acceptors (Lipinski definition) is 6. The number of piperidine rings is 1. The summed E-state index contributed by atoms with van der Waals surface area (Å²) < 4.78 is 1.89. The molecule has 2 aromatic heterocycles. The molecule has 0 spiro atoms. The molecule has 0 bridgehead atoms. The summed E-state index contributed by atoms with van der Waals surface area (Å²) in [6.45, 7) is 7.10. The van der Waals surface area contributed by atoms with E-state index in [0.717, 1.165) is 54.5 Å². The quantitative estimate of drug-likeness (QED) is 0.302. The first-order valence-corrected chi connectivity index (χ1v) is 13.1. The molecule has 0 aliphatic carbocycles. The van der Waals surface area contributed by atoms with Gasteiger partial charge in [-0.2, -0.15) is 9.61 Å². The standard InChI is InChI=1S/C29H35N7O/c1-21(2)25-18-31-36-27(30-17-22-10-5-3-6-11-22)16-26(34-29(25)36)32-24-14-9-15-35(19-24)20-28(37)33-23-12-7-4-8-13-23/h3-8,10-13,16,18,21,24,30H,9,14-15,17,19-20H2,1-2H3,(H,32,34)(H,33,37)/t24-/m1/s1. The number of carbonyl (C=O) groups is 1. The number of anilines is 3. The van der Waals surface area contributed by atoms with Crippen molar-refractivity contribution < 1.29 is 4.79 Å². The summed E-state index contributed by atoms with van der Waals surface area (Å²) in [4.78, 5) is 19.8. The van der Waals surface area contributed by atoms with Crippen molar-refractivity contribution in [3.63, 3.8) is 0 Å². The van der Waals surface area contributed by atoms with Crippen molar-refractivity contribution in [1.29, 1.82) is 0 Å². The highest BCUT2D eigenvalue weighted by Gasteiger charge is 2.23. The van der Waals surface area contributed by atoms with Crippen LogP contribution in [0, 0.1) is 0 Å². The zero-order chi connectivity index (χ0) is 25.6. The fourth-order valence-electron chi connectivity index (χ4n) is 4.83. The molecule has 2 aromatic carbocycles. The van der Waals surface area contributed by atoms with Gasteiger partial charge in [-0.1, -0.05) is 62.4 Å². The Hall–Kier alpha value is -3.91. The van der Waals surface area contributed by atoms with Gasteiger partial charge in [0.05, 0.1) is 12.7 Å². The molecule has 0 radical (unpaired) electrons. The van der Waals surface area contributed by atoms with Gasteiger partial charge in [0, 0.05) is 36.4 Å². The number of likely N-dealkylation sites (tertiary alicyclic amines) is 1. The summed E-state index contributed by atoms with van der Waals surface area (Å²) in [5.74, 6) is 2.05. The Labute approximate surface area is 218 Å². The molecule has 1 saturated heterocycles. The largest absolute Gasteiger partial charge is 0.366 e. The molecular formula is C29H35N7O. The Morgan fingerprint density at radius 3 is 2.59 bits per heavy atom. The molecule has 3 heterocycles. The van der Waals surface area contributed by atoms with Crippen LogP contribution in [-0.4, -0.2) is 51.1 Å². The van der Waals surface area contributed by atoms with Crippen LogP contribution in [0.15, 0.2) is 72.9 Å². The number of hydrogen-bond donors (Lipinski definition) is 3. The topological polar surface area (TPSA) is 86.6 Å². The number of benzene rings is 2. The molecule has 37 heavy (non-hydrogen) atoms. The van der Waals surface area contributed by atoms with Crippen LogP contribution in [0.3, 0.4) is 0 Å². The summed E-state index contributed by atoms with van der Waals surface area (Å²) in [6.07, 6.45) is 3.98. The van der Waals surface area contributed by atoms with Crippen LogP contribution < -0.4 is 16.0 Å². The average molecular weight is 498 g/mol. The normalized spacial score (nSPS) is 16.1. The van der Waals surface area contributed by atoms with E-state index >= 15 is 0 Å². The molecule has 4 aromatic rings. The molecule has 1 amide bonds. The van der Waals surface area contributed by atoms with E-state index in [1.165, 1.54) is 5.56 Å². The number of nitrogens with zero attached hydrogens (tertiary/aromatic N) is 4. The van der Waals surface area contributed by atoms with E-state index in [9.17, 15) is 4.79 Å². The predicted octanol–water partition coefficient (Wildman–Crippen LogP) is 4.98. The van der Waals surface area contributed by atoms with E-state index in [0.29, 0.717) is 19.0 Å². The van der Waals surface area contributed by atoms with Crippen molar-refractivity contribution in [1.82, 2.24) is 19.5 Å². The highest BCUT2D eigenvalue weighted by Crippen LogP contribution is 2.25. The number of rotatable bonds is 9. The van der Waals surface area contributed by atoms with Crippen molar-refractivity contribution in [3.05, 3.63) is 84.1 Å². The number of aromatic nitrogens is 3. The lowest BCUT2D eigenvalue weighted by Crippen LogP contribution is -2.45. The Morgan fingerprint density at radius 1 is 1.08 bits per heavy atom. The summed E-state index contributed by atoms with van der Waals surface area (Å²) >= 11 is 0. The number of para-hydroxylation sites is 1. The maximum absolute atomic E-state index is 12.6. The van der Waals surface area contributed by atoms with Gasteiger partial charge in [0.1, 0.15) is 11.6 Å². The minimum atomic E-state index is 0.0135. The Balaban J connectivity index is 1.29. The Morgan fingerprint density at radius 2 is 1.84 bits per heavy atom. The molecule has 8 nitrogen and oxygen atoms in total. The van der Waals surface area contributed by atoms with Crippen LogP contribution in [0.4, 0.5) is 17.3 Å². The molecule has 1 aliphatic heterocycles. The van der Waals surface area contributed by atoms with Crippen LogP contribution in [0.1, 0.15) is 43.7 Å². The summed E-state index contributed by atoms with van der Waals surface area (Å²) in [6, 6.07) is 22.2. The molecule has 0 unspecified atom stereocenters. The van der Waals surface area contributed by atoms with E-state index in [4.69, 9.17) is 4.98 Å². The number of carbonyl (C=O) groups excluding carboxylic acids is 1. The number of amides is 1. The third-order valence-electron chi connectivity index (χ3n) is 6.72. The fourth-order valence-corrected chi connectivity index (χ4v) is 4.83. The van der Waals surface area contributed by atoms with E-state index < -0.39 is 0 Å². The van der Waals surface area contributed by atoms with Gasteiger partial charge in [-0.15, -0.1) is 0 Å². The Kier molecular flexibility index (Phi) is 7.65. The van der Waals surface area contributed by atoms with Gasteiger partial charge >= 0.3 is 0 Å². The molecular weight excluding hydrogens is 462 g/mol. The minimum Gasteiger partial charge on any atom is -0.366 e. The van der Waals surface area contributed by atoms with Crippen molar-refractivity contribution in [2.45, 2.75) is 45.2 Å². The van der Waals surface area contributed by atoms with Crippen LogP contribution in [-0.2, 0) is 11.3 Å². The van der Waals surface area contributed by atoms with Gasteiger partial charge in [0.25, 0.3) is 0 Å². The van der Waals surface area contributed by atoms with Crippen molar-refractivity contribution >= 4 is 28.9 Å². The van der Waals surface area contributed by atoms with Gasteiger partial charge in [0.15, 0.2) is 5.65 Å². The highest BCUT2D eigenvalue weighted by molar-refractivity contribution is 5.92. The molecule has 192 valence electrons. The summed E-state index contributed by atoms with van der Waals surface area (Å²) in [5.41, 5.74) is 4.02. The first kappa shape index (κ1) is 24.8. The first-order chi connectivity index (χ1) is 18.0. The van der Waals surface area contributed by atoms with Crippen LogP contribution >= 0.6 is 0 Å². The maximum Gasteiger partial charge on any atom is 0.238 e. The zero-order valence-electron chi connectivity index (χ0n) is 21.5. The van der Waals surface area contributed by atoms with E-state index in [2.05, 4.69) is 51.9 Å². The van der Waals surface area contributed by atoms with Crippen LogP contribution in [0.2, 0.25) is 0 Å². The highest BCUT2D eigenvalue weighted by atomic mass is 16.2. The molecule has 1 aliphatic rings. The summed E-state index contributed by atoms with van der Waals surface area (Å²) in [7, 11) is 0. The molecule has 0 saturated carbocycles. The Bertz CT molecular complexity index is 1320. The van der Waals surface area contributed by atoms with Crippen molar-refractivity contribution in [2.75, 3.05) is 35.6 Å². The van der Waals surface area contributed by atoms with Crippen LogP contribution in [0.5, 0.6) is 0 Å². The molecule has 1 fully saturated rings. The zero-order valence-corrected chi connectivity index (χ0v) is 21.5. The van der Waals surface area contributed by atoms with Gasteiger partial charge < -0.3 is 16.0 Å². The van der Waals surface area contributed by atoms with Gasteiger partial charge in [0.2, 0.25) is 5.91 Å². The second kappa shape index (κ2) is 11.4. The molecule has 5 rings (SSSR count). The average Bonchev–Trinajstić information content (AvgIpc) is 3.33. The second-order valence-electron chi connectivity index (χ2n) is 9.99. The van der Waals surface area contributed by atoms with Gasteiger partial charge in [-0.3, -0.25) is 9.69 Å². The lowest BCUT2D eigenvalue weighted by molar-refractivity contribution is -0.117. The van der Waals surface area contributed by atoms with Crippen molar-refractivity contribution in [2.24, 2.45) is 0 Å². The summed E-state index contributed by atoms with van der Waals surface area (Å²) in [5, 5.41) is 14.8.